The molecule has 1 aromatic carbocycles. The van der Waals surface area contributed by atoms with E-state index in [2.05, 4.69) is 22.2 Å². The van der Waals surface area contributed by atoms with Crippen LogP contribution in [0.4, 0.5) is 0 Å². The molecule has 0 saturated carbocycles. The number of hydrogen-bond donors (Lipinski definition) is 3. The normalized spacial score (nSPS) is 11.4. The van der Waals surface area contributed by atoms with Gasteiger partial charge < -0.3 is 11.5 Å². The van der Waals surface area contributed by atoms with Crippen LogP contribution in [0.15, 0.2) is 40.3 Å². The van der Waals surface area contributed by atoms with Crippen molar-refractivity contribution in [2.24, 2.45) is 21.5 Å². The molecule has 0 heterocycles. The molecule has 0 aliphatic heterocycles. The topological polar surface area (TPSA) is 88.8 Å². The van der Waals surface area contributed by atoms with Gasteiger partial charge in [-0.05, 0) is 12.0 Å². The first-order valence-electron chi connectivity index (χ1n) is 9.63. The average molecular weight is 418 g/mol. The Balaban J connectivity index is 0. The summed E-state index contributed by atoms with van der Waals surface area (Å²) in [6.45, 7) is 3.52. The van der Waals surface area contributed by atoms with Gasteiger partial charge in [0.1, 0.15) is 0 Å². The smallest absolute Gasteiger partial charge is 0.195 e. The summed E-state index contributed by atoms with van der Waals surface area (Å²) >= 11 is 0. The van der Waals surface area contributed by atoms with Crippen molar-refractivity contribution in [1.29, 1.82) is 0 Å². The molecule has 1 aromatic rings. The molecule has 156 valence electrons. The van der Waals surface area contributed by atoms with Gasteiger partial charge in [0.25, 0.3) is 0 Å². The Morgan fingerprint density at radius 2 is 1.30 bits per heavy atom. The zero-order valence-electron chi connectivity index (χ0n) is 16.5. The minimum absolute atomic E-state index is 0. The quantitative estimate of drug-likeness (QED) is 0.259. The molecule has 0 aliphatic rings. The second kappa shape index (κ2) is 19.3. The number of aliphatic imine (C=N–C) groups is 2. The molecule has 0 saturated heterocycles. The van der Waals surface area contributed by atoms with Crippen molar-refractivity contribution in [1.82, 2.24) is 5.32 Å². The van der Waals surface area contributed by atoms with Crippen molar-refractivity contribution in [3.63, 3.8) is 0 Å². The van der Waals surface area contributed by atoms with Crippen LogP contribution in [0.3, 0.4) is 0 Å². The van der Waals surface area contributed by atoms with Crippen LogP contribution in [-0.2, 0) is 6.54 Å². The van der Waals surface area contributed by atoms with Gasteiger partial charge in [-0.2, -0.15) is 0 Å². The van der Waals surface area contributed by atoms with E-state index in [1.165, 1.54) is 51.4 Å². The summed E-state index contributed by atoms with van der Waals surface area (Å²) < 4.78 is 0. The van der Waals surface area contributed by atoms with Gasteiger partial charge in [-0.15, -0.1) is 24.8 Å². The predicted octanol–water partition coefficient (Wildman–Crippen LogP) is 4.78. The van der Waals surface area contributed by atoms with Crippen molar-refractivity contribution in [2.75, 3.05) is 6.54 Å². The van der Waals surface area contributed by atoms with Gasteiger partial charge in [-0.3, -0.25) is 10.3 Å². The highest BCUT2D eigenvalue weighted by molar-refractivity contribution is 5.97. The second-order valence-corrected chi connectivity index (χ2v) is 6.41. The molecule has 5 N–H and O–H groups in total. The third kappa shape index (κ3) is 16.4. The Hall–Kier alpha value is -1.46. The number of nitrogens with zero attached hydrogens (tertiary/aromatic N) is 2. The van der Waals surface area contributed by atoms with Crippen molar-refractivity contribution in [2.45, 2.75) is 71.3 Å². The van der Waals surface area contributed by atoms with Crippen molar-refractivity contribution in [3.8, 4) is 0 Å². The van der Waals surface area contributed by atoms with Crippen molar-refractivity contribution in [3.05, 3.63) is 35.9 Å². The first-order valence-corrected chi connectivity index (χ1v) is 9.63. The van der Waals surface area contributed by atoms with Crippen LogP contribution in [-0.4, -0.2) is 18.5 Å². The van der Waals surface area contributed by atoms with E-state index in [-0.39, 0.29) is 24.8 Å². The first kappa shape index (κ1) is 27.8. The molecule has 0 radical (unpaired) electrons. The Bertz CT molecular complexity index is 506. The molecule has 0 bridgehead atoms. The molecule has 0 amide bonds. The largest absolute Gasteiger partial charge is 0.370 e. The molecule has 0 fully saturated rings. The van der Waals surface area contributed by atoms with Gasteiger partial charge in [-0.1, -0.05) is 88.6 Å². The van der Waals surface area contributed by atoms with Crippen molar-refractivity contribution < 1.29 is 0 Å². The fourth-order valence-corrected chi connectivity index (χ4v) is 2.59. The lowest BCUT2D eigenvalue weighted by Crippen LogP contribution is -2.41. The Kier molecular flexibility index (Phi) is 19.8. The van der Waals surface area contributed by atoms with Crippen LogP contribution < -0.4 is 16.8 Å². The summed E-state index contributed by atoms with van der Waals surface area (Å²) in [4.78, 5) is 8.56. The van der Waals surface area contributed by atoms with Crippen molar-refractivity contribution >= 4 is 36.7 Å². The molecule has 0 aromatic heterocycles. The van der Waals surface area contributed by atoms with Gasteiger partial charge in [0, 0.05) is 6.54 Å². The lowest BCUT2D eigenvalue weighted by atomic mass is 10.1. The number of hydrogen-bond acceptors (Lipinski definition) is 2. The van der Waals surface area contributed by atoms with Gasteiger partial charge >= 0.3 is 0 Å². The highest BCUT2D eigenvalue weighted by Crippen LogP contribution is 2.09. The number of guanidine groups is 2. The molecule has 0 unspecified atom stereocenters. The highest BCUT2D eigenvalue weighted by atomic mass is 35.5. The average Bonchev–Trinajstić information content (AvgIpc) is 2.62. The van der Waals surface area contributed by atoms with E-state index in [0.29, 0.717) is 18.5 Å². The second-order valence-electron chi connectivity index (χ2n) is 6.41. The van der Waals surface area contributed by atoms with Crippen LogP contribution in [0.5, 0.6) is 0 Å². The summed E-state index contributed by atoms with van der Waals surface area (Å²) in [7, 11) is 0. The Labute approximate surface area is 177 Å². The fraction of sp³-hybridized carbons (Fsp3) is 0.600. The summed E-state index contributed by atoms with van der Waals surface area (Å²) in [5.74, 6) is 0.644. The third-order valence-corrected chi connectivity index (χ3v) is 4.07. The highest BCUT2D eigenvalue weighted by Gasteiger charge is 1.96. The van der Waals surface area contributed by atoms with Crippen LogP contribution in [0.2, 0.25) is 0 Å². The maximum Gasteiger partial charge on any atom is 0.195 e. The molecule has 5 nitrogen and oxygen atoms in total. The monoisotopic (exact) mass is 417 g/mol. The number of nitrogens with one attached hydrogen (secondary N) is 1. The molecule has 0 aliphatic carbocycles. The maximum absolute atomic E-state index is 5.83. The van der Waals surface area contributed by atoms with Crippen LogP contribution in [0.1, 0.15) is 70.3 Å². The summed E-state index contributed by atoms with van der Waals surface area (Å²) in [6, 6.07) is 9.97. The summed E-state index contributed by atoms with van der Waals surface area (Å²) in [6.07, 6.45) is 11.7. The van der Waals surface area contributed by atoms with Gasteiger partial charge in [-0.25, -0.2) is 4.99 Å². The van der Waals surface area contributed by atoms with Crippen LogP contribution >= 0.6 is 24.8 Å². The molecule has 1 rings (SSSR count). The van der Waals surface area contributed by atoms with E-state index in [9.17, 15) is 0 Å². The number of unbranched alkanes of at least 4 members (excludes halogenated alkanes) is 8. The molecular weight excluding hydrogens is 381 g/mol. The third-order valence-electron chi connectivity index (χ3n) is 4.07. The molecule has 27 heavy (non-hydrogen) atoms. The van der Waals surface area contributed by atoms with E-state index in [4.69, 9.17) is 11.5 Å². The minimum atomic E-state index is 0. The fourth-order valence-electron chi connectivity index (χ4n) is 2.59. The number of halogens is 2. The first-order chi connectivity index (χ1) is 12.2. The molecule has 0 atom stereocenters. The predicted molar refractivity (Wildman–Crippen MR) is 123 cm³/mol. The minimum Gasteiger partial charge on any atom is -0.370 e. The van der Waals surface area contributed by atoms with Gasteiger partial charge in [0.2, 0.25) is 0 Å². The van der Waals surface area contributed by atoms with Gasteiger partial charge in [0.05, 0.1) is 6.54 Å². The van der Waals surface area contributed by atoms with E-state index < -0.39 is 0 Å². The Morgan fingerprint density at radius 3 is 1.89 bits per heavy atom. The van der Waals surface area contributed by atoms with Crippen LogP contribution in [0, 0.1) is 0 Å². The maximum atomic E-state index is 5.83. The SMILES string of the molecule is CCCCCCCCCCCN=C(N)NC(N)=NCc1ccccc1.Cl.Cl. The van der Waals surface area contributed by atoms with Crippen LogP contribution in [0.25, 0.3) is 0 Å². The number of benzene rings is 1. The molecular formula is C20H37Cl2N5. The standard InChI is InChI=1S/C20H35N5.2ClH/c1-2-3-4-5-6-7-8-9-13-16-23-19(21)25-20(22)24-17-18-14-11-10-12-15-18;;/h10-12,14-15H,2-9,13,16-17H2,1H3,(H5,21,22,23,24,25);2*1H. The van der Waals surface area contributed by atoms with E-state index in [0.717, 1.165) is 18.5 Å². The zero-order chi connectivity index (χ0) is 18.2. The molecule has 7 heteroatoms. The summed E-state index contributed by atoms with van der Waals surface area (Å²) in [5, 5.41) is 2.84. The van der Waals surface area contributed by atoms with E-state index in [1.54, 1.807) is 0 Å². The van der Waals surface area contributed by atoms with Gasteiger partial charge in [0.15, 0.2) is 11.9 Å². The van der Waals surface area contributed by atoms with E-state index >= 15 is 0 Å². The lowest BCUT2D eigenvalue weighted by molar-refractivity contribution is 0.567. The van der Waals surface area contributed by atoms with E-state index in [1.807, 2.05) is 30.3 Å². The lowest BCUT2D eigenvalue weighted by Gasteiger charge is -2.05. The summed E-state index contributed by atoms with van der Waals surface area (Å²) in [5.41, 5.74) is 12.8. The zero-order valence-corrected chi connectivity index (χ0v) is 18.2. The Morgan fingerprint density at radius 1 is 0.778 bits per heavy atom. The molecule has 0 spiro atoms. The number of rotatable bonds is 12. The number of nitrogens with two attached hydrogens (primary N) is 2.